The maximum Gasteiger partial charge on any atom is 0.301 e. The zero-order chi connectivity index (χ0) is 13.0. The third-order valence-electron chi connectivity index (χ3n) is 3.00. The minimum Gasteiger partial charge on any atom is -0.508 e. The average molecular weight is 270 g/mol. The molecule has 1 fully saturated rings. The molecule has 6 heteroatoms. The van der Waals surface area contributed by atoms with Crippen LogP contribution < -0.4 is 4.72 Å². The van der Waals surface area contributed by atoms with Crippen molar-refractivity contribution in [3.8, 4) is 5.75 Å². The Hall–Kier alpha value is -1.27. The molecule has 0 atom stereocenters. The van der Waals surface area contributed by atoms with Crippen LogP contribution in [0.25, 0.3) is 0 Å². The average Bonchev–Trinajstić information content (AvgIpc) is 2.57. The molecule has 0 amide bonds. The highest BCUT2D eigenvalue weighted by Gasteiger charge is 2.22. The fourth-order valence-corrected chi connectivity index (χ4v) is 3.36. The first kappa shape index (κ1) is 13.2. The summed E-state index contributed by atoms with van der Waals surface area (Å²) in [5.41, 5.74) is 0.388. The van der Waals surface area contributed by atoms with Crippen molar-refractivity contribution in [2.75, 3.05) is 17.8 Å². The lowest BCUT2D eigenvalue weighted by molar-refractivity contribution is 0.427. The van der Waals surface area contributed by atoms with Crippen LogP contribution in [0.1, 0.15) is 25.7 Å². The predicted molar refractivity (Wildman–Crippen MR) is 70.7 cm³/mol. The lowest BCUT2D eigenvalue weighted by Crippen LogP contribution is -2.36. The minimum atomic E-state index is -3.50. The molecule has 0 radical (unpaired) electrons. The summed E-state index contributed by atoms with van der Waals surface area (Å²) in [6.45, 7) is 1.13. The number of nitrogens with one attached hydrogen (secondary N) is 1. The summed E-state index contributed by atoms with van der Waals surface area (Å²) in [5.74, 6) is 0.0473. The monoisotopic (exact) mass is 270 g/mol. The molecule has 0 aliphatic carbocycles. The zero-order valence-corrected chi connectivity index (χ0v) is 11.0. The molecule has 0 saturated carbocycles. The molecule has 1 heterocycles. The van der Waals surface area contributed by atoms with E-state index in [1.54, 1.807) is 12.1 Å². The maximum atomic E-state index is 12.2. The number of phenols is 1. The van der Waals surface area contributed by atoms with Gasteiger partial charge in [-0.3, -0.25) is 4.72 Å². The second-order valence-corrected chi connectivity index (χ2v) is 6.14. The Morgan fingerprint density at radius 3 is 2.39 bits per heavy atom. The normalized spacial score (nSPS) is 18.2. The van der Waals surface area contributed by atoms with Gasteiger partial charge in [0.1, 0.15) is 5.75 Å². The van der Waals surface area contributed by atoms with Crippen molar-refractivity contribution in [2.45, 2.75) is 25.7 Å². The van der Waals surface area contributed by atoms with Crippen LogP contribution in [0.3, 0.4) is 0 Å². The number of benzene rings is 1. The summed E-state index contributed by atoms with van der Waals surface area (Å²) in [7, 11) is -3.50. The Morgan fingerprint density at radius 1 is 1.11 bits per heavy atom. The highest BCUT2D eigenvalue weighted by Crippen LogP contribution is 2.19. The van der Waals surface area contributed by atoms with Crippen LogP contribution in [0.2, 0.25) is 0 Å². The first-order valence-corrected chi connectivity index (χ1v) is 7.59. The van der Waals surface area contributed by atoms with Crippen LogP contribution in [-0.4, -0.2) is 30.9 Å². The molecule has 0 spiro atoms. The van der Waals surface area contributed by atoms with Crippen molar-refractivity contribution in [2.24, 2.45) is 0 Å². The fourth-order valence-electron chi connectivity index (χ4n) is 2.06. The van der Waals surface area contributed by atoms with E-state index in [2.05, 4.69) is 4.72 Å². The van der Waals surface area contributed by atoms with E-state index in [1.165, 1.54) is 16.4 Å². The minimum absolute atomic E-state index is 0.0473. The van der Waals surface area contributed by atoms with E-state index in [9.17, 15) is 13.5 Å². The van der Waals surface area contributed by atoms with E-state index >= 15 is 0 Å². The topological polar surface area (TPSA) is 69.6 Å². The molecule has 100 valence electrons. The van der Waals surface area contributed by atoms with Crippen LogP contribution in [-0.2, 0) is 10.2 Å². The van der Waals surface area contributed by atoms with Gasteiger partial charge in [-0.05, 0) is 25.0 Å². The van der Waals surface area contributed by atoms with Crippen LogP contribution in [0.15, 0.2) is 24.3 Å². The van der Waals surface area contributed by atoms with Gasteiger partial charge in [0.15, 0.2) is 0 Å². The van der Waals surface area contributed by atoms with Gasteiger partial charge in [0.2, 0.25) is 0 Å². The zero-order valence-electron chi connectivity index (χ0n) is 10.2. The molecule has 0 unspecified atom stereocenters. The van der Waals surface area contributed by atoms with Gasteiger partial charge in [-0.25, -0.2) is 0 Å². The van der Waals surface area contributed by atoms with E-state index in [1.807, 2.05) is 0 Å². The Balaban J connectivity index is 2.10. The second kappa shape index (κ2) is 5.58. The van der Waals surface area contributed by atoms with Crippen LogP contribution >= 0.6 is 0 Å². The Labute approximate surface area is 108 Å². The number of rotatable bonds is 3. The van der Waals surface area contributed by atoms with Gasteiger partial charge in [0, 0.05) is 19.2 Å². The number of hydrogen-bond donors (Lipinski definition) is 2. The number of aromatic hydroxyl groups is 1. The first-order valence-electron chi connectivity index (χ1n) is 6.15. The summed E-state index contributed by atoms with van der Waals surface area (Å²) in [6.07, 6.45) is 3.97. The Morgan fingerprint density at radius 2 is 1.78 bits per heavy atom. The lowest BCUT2D eigenvalue weighted by Gasteiger charge is -2.20. The van der Waals surface area contributed by atoms with E-state index in [0.29, 0.717) is 18.8 Å². The number of hydrogen-bond acceptors (Lipinski definition) is 3. The molecule has 1 aromatic carbocycles. The highest BCUT2D eigenvalue weighted by atomic mass is 32.2. The molecule has 0 aromatic heterocycles. The standard InChI is InChI=1S/C12H18N2O3S/c15-12-7-5-6-11(10-12)13-18(16,17)14-8-3-1-2-4-9-14/h5-7,10,13,15H,1-4,8-9H2. The van der Waals surface area contributed by atoms with Gasteiger partial charge in [0.25, 0.3) is 0 Å². The van der Waals surface area contributed by atoms with Crippen molar-refractivity contribution in [3.63, 3.8) is 0 Å². The molecule has 1 aliphatic heterocycles. The third-order valence-corrected chi connectivity index (χ3v) is 4.54. The number of anilines is 1. The Kier molecular flexibility index (Phi) is 4.08. The molecule has 1 saturated heterocycles. The van der Waals surface area contributed by atoms with Crippen molar-refractivity contribution >= 4 is 15.9 Å². The largest absolute Gasteiger partial charge is 0.508 e. The van der Waals surface area contributed by atoms with E-state index in [-0.39, 0.29) is 5.75 Å². The van der Waals surface area contributed by atoms with Crippen molar-refractivity contribution in [3.05, 3.63) is 24.3 Å². The molecule has 2 N–H and O–H groups in total. The number of phenolic OH excluding ortho intramolecular Hbond substituents is 1. The maximum absolute atomic E-state index is 12.2. The third kappa shape index (κ3) is 3.36. The first-order chi connectivity index (χ1) is 8.58. The molecular formula is C12H18N2O3S. The quantitative estimate of drug-likeness (QED) is 0.881. The molecule has 1 aliphatic rings. The second-order valence-electron chi connectivity index (χ2n) is 4.47. The SMILES string of the molecule is O=S(=O)(Nc1cccc(O)c1)N1CCCCCC1. The number of nitrogens with zero attached hydrogens (tertiary/aromatic N) is 1. The van der Waals surface area contributed by atoms with Gasteiger partial charge < -0.3 is 5.11 Å². The lowest BCUT2D eigenvalue weighted by atomic mass is 10.2. The van der Waals surface area contributed by atoms with Gasteiger partial charge in [-0.15, -0.1) is 0 Å². The van der Waals surface area contributed by atoms with E-state index < -0.39 is 10.2 Å². The molecule has 5 nitrogen and oxygen atoms in total. The Bertz CT molecular complexity index is 494. The van der Waals surface area contributed by atoms with Crippen molar-refractivity contribution in [1.29, 1.82) is 0 Å². The molecule has 18 heavy (non-hydrogen) atoms. The molecule has 0 bridgehead atoms. The van der Waals surface area contributed by atoms with Crippen molar-refractivity contribution in [1.82, 2.24) is 4.31 Å². The summed E-state index contributed by atoms with van der Waals surface area (Å²) >= 11 is 0. The molecular weight excluding hydrogens is 252 g/mol. The highest BCUT2D eigenvalue weighted by molar-refractivity contribution is 7.90. The van der Waals surface area contributed by atoms with Gasteiger partial charge in [-0.2, -0.15) is 12.7 Å². The van der Waals surface area contributed by atoms with Gasteiger partial charge in [0.05, 0.1) is 5.69 Å². The van der Waals surface area contributed by atoms with E-state index in [0.717, 1.165) is 25.7 Å². The summed E-state index contributed by atoms with van der Waals surface area (Å²) in [5, 5.41) is 9.32. The summed E-state index contributed by atoms with van der Waals surface area (Å²) in [6, 6.07) is 6.13. The van der Waals surface area contributed by atoms with Gasteiger partial charge in [-0.1, -0.05) is 18.9 Å². The van der Waals surface area contributed by atoms with E-state index in [4.69, 9.17) is 0 Å². The smallest absolute Gasteiger partial charge is 0.301 e. The van der Waals surface area contributed by atoms with Crippen LogP contribution in [0.5, 0.6) is 5.75 Å². The summed E-state index contributed by atoms with van der Waals surface area (Å²) < 4.78 is 28.3. The molecule has 2 rings (SSSR count). The van der Waals surface area contributed by atoms with Crippen molar-refractivity contribution < 1.29 is 13.5 Å². The van der Waals surface area contributed by atoms with Gasteiger partial charge >= 0.3 is 10.2 Å². The predicted octanol–water partition coefficient (Wildman–Crippen LogP) is 1.92. The van der Waals surface area contributed by atoms with Crippen LogP contribution in [0.4, 0.5) is 5.69 Å². The fraction of sp³-hybridized carbons (Fsp3) is 0.500. The summed E-state index contributed by atoms with van der Waals surface area (Å²) in [4.78, 5) is 0. The molecule has 1 aromatic rings. The van der Waals surface area contributed by atoms with Crippen LogP contribution in [0, 0.1) is 0 Å².